The van der Waals surface area contributed by atoms with Crippen LogP contribution in [0, 0.1) is 0 Å². The Morgan fingerprint density at radius 2 is 1.05 bits per heavy atom. The molecule has 206 valence electrons. The van der Waals surface area contributed by atoms with Crippen molar-refractivity contribution < 1.29 is 4.42 Å². The summed E-state index contributed by atoms with van der Waals surface area (Å²) in [4.78, 5) is 2.41. The largest absolute Gasteiger partial charge is 0.455 e. The van der Waals surface area contributed by atoms with Crippen molar-refractivity contribution in [2.45, 2.75) is 0 Å². The van der Waals surface area contributed by atoms with Gasteiger partial charge in [0.25, 0.3) is 0 Å². The number of anilines is 3. The van der Waals surface area contributed by atoms with Gasteiger partial charge in [-0.15, -0.1) is 0 Å². The normalized spacial score (nSPS) is 11.6. The highest BCUT2D eigenvalue weighted by atomic mass is 16.3. The molecule has 0 N–H and O–H groups in total. The van der Waals surface area contributed by atoms with E-state index in [0.717, 1.165) is 44.4 Å². The van der Waals surface area contributed by atoms with Gasteiger partial charge in [-0.1, -0.05) is 127 Å². The molecule has 1 aromatic heterocycles. The van der Waals surface area contributed by atoms with Gasteiger partial charge >= 0.3 is 0 Å². The van der Waals surface area contributed by atoms with Crippen molar-refractivity contribution in [3.63, 3.8) is 0 Å². The molecule has 9 rings (SSSR count). The minimum absolute atomic E-state index is 0.878. The van der Waals surface area contributed by atoms with Gasteiger partial charge in [0, 0.05) is 22.0 Å². The summed E-state index contributed by atoms with van der Waals surface area (Å²) in [6.45, 7) is 0. The molecule has 2 nitrogen and oxygen atoms in total. The van der Waals surface area contributed by atoms with Crippen LogP contribution in [0.4, 0.5) is 17.1 Å². The predicted molar refractivity (Wildman–Crippen MR) is 186 cm³/mol. The van der Waals surface area contributed by atoms with Crippen molar-refractivity contribution in [2.24, 2.45) is 0 Å². The van der Waals surface area contributed by atoms with E-state index >= 15 is 0 Å². The molecule has 0 unspecified atom stereocenters. The molecule has 0 spiro atoms. The molecule has 0 amide bonds. The van der Waals surface area contributed by atoms with Crippen LogP contribution in [0.15, 0.2) is 168 Å². The maximum atomic E-state index is 6.63. The molecule has 2 heteroatoms. The molecule has 44 heavy (non-hydrogen) atoms. The maximum absolute atomic E-state index is 6.63. The second-order valence-corrected chi connectivity index (χ2v) is 11.3. The Hall–Kier alpha value is -5.86. The van der Waals surface area contributed by atoms with Crippen molar-refractivity contribution in [3.05, 3.63) is 164 Å². The number of nitrogens with zero attached hydrogens (tertiary/aromatic N) is 1. The first-order chi connectivity index (χ1) is 21.8. The molecule has 0 saturated carbocycles. The lowest BCUT2D eigenvalue weighted by atomic mass is 9.98. The van der Waals surface area contributed by atoms with Crippen molar-refractivity contribution in [1.29, 1.82) is 0 Å². The van der Waals surface area contributed by atoms with E-state index in [-0.39, 0.29) is 0 Å². The standard InChI is InChI=1S/C42H27NO/c1-2-11-28(12-3-1)35-16-8-9-18-38(35)43(32-24-26-34-31(27-32)22-21-29-13-4-6-15-33(29)34)39-19-10-20-40-41(39)37-25-23-30-14-5-7-17-36(30)42(37)44-40/h1-27H. The Labute approximate surface area is 255 Å². The van der Waals surface area contributed by atoms with Gasteiger partial charge < -0.3 is 9.32 Å². The first kappa shape index (κ1) is 24.7. The van der Waals surface area contributed by atoms with Crippen molar-refractivity contribution in [2.75, 3.05) is 4.90 Å². The minimum atomic E-state index is 0.878. The molecular formula is C42H27NO. The number of benzene rings is 8. The molecule has 0 bridgehead atoms. The van der Waals surface area contributed by atoms with Gasteiger partial charge in [-0.2, -0.15) is 0 Å². The average molecular weight is 562 g/mol. The third kappa shape index (κ3) is 3.82. The molecular weight excluding hydrogens is 534 g/mol. The third-order valence-electron chi connectivity index (χ3n) is 8.82. The zero-order valence-electron chi connectivity index (χ0n) is 23.9. The molecule has 8 aromatic carbocycles. The predicted octanol–water partition coefficient (Wildman–Crippen LogP) is 12.2. The summed E-state index contributed by atoms with van der Waals surface area (Å²) >= 11 is 0. The SMILES string of the molecule is c1ccc(-c2ccccc2N(c2ccc3c(ccc4ccccc43)c2)c2cccc3oc4c5ccccc5ccc4c23)cc1. The Balaban J connectivity index is 1.36. The Bertz CT molecular complexity index is 2510. The number of rotatable bonds is 4. The summed E-state index contributed by atoms with van der Waals surface area (Å²) < 4.78 is 6.63. The maximum Gasteiger partial charge on any atom is 0.143 e. The number of hydrogen-bond donors (Lipinski definition) is 0. The van der Waals surface area contributed by atoms with Gasteiger partial charge in [0.05, 0.1) is 16.8 Å². The van der Waals surface area contributed by atoms with E-state index in [2.05, 4.69) is 169 Å². The van der Waals surface area contributed by atoms with Crippen molar-refractivity contribution in [3.8, 4) is 11.1 Å². The zero-order chi connectivity index (χ0) is 29.0. The van der Waals surface area contributed by atoms with Gasteiger partial charge in [-0.05, 0) is 68.9 Å². The van der Waals surface area contributed by atoms with E-state index in [0.29, 0.717) is 0 Å². The average Bonchev–Trinajstić information content (AvgIpc) is 3.49. The fourth-order valence-corrected chi connectivity index (χ4v) is 6.80. The number of hydrogen-bond acceptors (Lipinski definition) is 2. The quantitative estimate of drug-likeness (QED) is 0.199. The number of furan rings is 1. The van der Waals surface area contributed by atoms with Gasteiger partial charge in [0.15, 0.2) is 0 Å². The Kier molecular flexibility index (Phi) is 5.54. The summed E-state index contributed by atoms with van der Waals surface area (Å²) in [5.41, 5.74) is 7.44. The molecule has 0 radical (unpaired) electrons. The fraction of sp³-hybridized carbons (Fsp3) is 0. The lowest BCUT2D eigenvalue weighted by Crippen LogP contribution is -2.11. The smallest absolute Gasteiger partial charge is 0.143 e. The zero-order valence-corrected chi connectivity index (χ0v) is 23.9. The number of para-hydroxylation sites is 1. The van der Waals surface area contributed by atoms with Crippen LogP contribution in [-0.2, 0) is 0 Å². The second-order valence-electron chi connectivity index (χ2n) is 11.3. The van der Waals surface area contributed by atoms with Crippen molar-refractivity contribution >= 4 is 71.3 Å². The van der Waals surface area contributed by atoms with E-state index in [9.17, 15) is 0 Å². The van der Waals surface area contributed by atoms with Crippen LogP contribution in [0.25, 0.3) is 65.4 Å². The van der Waals surface area contributed by atoms with Gasteiger partial charge in [0.2, 0.25) is 0 Å². The molecule has 9 aromatic rings. The monoisotopic (exact) mass is 561 g/mol. The van der Waals surface area contributed by atoms with Gasteiger partial charge in [-0.3, -0.25) is 0 Å². The molecule has 0 aliphatic heterocycles. The molecule has 0 aliphatic rings. The van der Waals surface area contributed by atoms with E-state index < -0.39 is 0 Å². The van der Waals surface area contributed by atoms with E-state index in [1.165, 1.54) is 38.1 Å². The molecule has 0 fully saturated rings. The number of fused-ring (bicyclic) bond motifs is 8. The van der Waals surface area contributed by atoms with Crippen LogP contribution in [-0.4, -0.2) is 0 Å². The van der Waals surface area contributed by atoms with E-state index in [1.807, 2.05) is 0 Å². The lowest BCUT2D eigenvalue weighted by molar-refractivity contribution is 0.672. The first-order valence-electron chi connectivity index (χ1n) is 15.0. The van der Waals surface area contributed by atoms with E-state index in [4.69, 9.17) is 4.42 Å². The first-order valence-corrected chi connectivity index (χ1v) is 15.0. The highest BCUT2D eigenvalue weighted by molar-refractivity contribution is 6.20. The van der Waals surface area contributed by atoms with Gasteiger partial charge in [0.1, 0.15) is 11.2 Å². The van der Waals surface area contributed by atoms with Crippen LogP contribution in [0.1, 0.15) is 0 Å². The summed E-state index contributed by atoms with van der Waals surface area (Å²) in [5.74, 6) is 0. The summed E-state index contributed by atoms with van der Waals surface area (Å²) in [6, 6.07) is 58.5. The molecule has 0 atom stereocenters. The molecule has 1 heterocycles. The highest BCUT2D eigenvalue weighted by Crippen LogP contribution is 2.47. The summed E-state index contributed by atoms with van der Waals surface area (Å²) in [7, 11) is 0. The topological polar surface area (TPSA) is 16.4 Å². The Morgan fingerprint density at radius 3 is 1.93 bits per heavy atom. The van der Waals surface area contributed by atoms with Crippen LogP contribution in [0.5, 0.6) is 0 Å². The van der Waals surface area contributed by atoms with E-state index in [1.54, 1.807) is 0 Å². The van der Waals surface area contributed by atoms with Crippen LogP contribution in [0.3, 0.4) is 0 Å². The van der Waals surface area contributed by atoms with Crippen molar-refractivity contribution in [1.82, 2.24) is 0 Å². The Morgan fingerprint density at radius 1 is 0.409 bits per heavy atom. The van der Waals surface area contributed by atoms with Crippen LogP contribution < -0.4 is 4.90 Å². The fourth-order valence-electron chi connectivity index (χ4n) is 6.80. The summed E-state index contributed by atoms with van der Waals surface area (Å²) in [6.07, 6.45) is 0. The van der Waals surface area contributed by atoms with Crippen LogP contribution in [0.2, 0.25) is 0 Å². The third-order valence-corrected chi connectivity index (χ3v) is 8.82. The van der Waals surface area contributed by atoms with Crippen LogP contribution >= 0.6 is 0 Å². The molecule has 0 saturated heterocycles. The molecule has 0 aliphatic carbocycles. The second kappa shape index (κ2) is 9.86. The lowest BCUT2D eigenvalue weighted by Gasteiger charge is -2.29. The highest BCUT2D eigenvalue weighted by Gasteiger charge is 2.22. The van der Waals surface area contributed by atoms with Gasteiger partial charge in [-0.25, -0.2) is 0 Å². The summed E-state index contributed by atoms with van der Waals surface area (Å²) in [5, 5.41) is 9.50. The minimum Gasteiger partial charge on any atom is -0.455 e.